The molecule has 3 saturated carbocycles. The molecule has 0 aromatic rings. The standard InChI is InChI=1S/C27H34FN3O14/c1-24-6-5-15(32)7-14(24)3-4-17-18-9-19(33)27(38,25(18,2)10-20(34)26(17,24)28)21(35)13-43-23(37)11-29-22(36)8-16(45-31(41)42)12-44-30(39)40/h5-7,16-20,33-34,38H,3-4,8-13H2,1-2H3,(H,29,36)/t16?,17-,18-,19+,20-,24-,25-,26-,27-/m0/s1. The van der Waals surface area contributed by atoms with Crippen LogP contribution < -0.4 is 5.32 Å². The molecule has 0 aromatic heterocycles. The number of amides is 1. The van der Waals surface area contributed by atoms with Crippen molar-refractivity contribution in [3.63, 3.8) is 0 Å². The summed E-state index contributed by atoms with van der Waals surface area (Å²) in [5.74, 6) is -5.27. The molecule has 17 nitrogen and oxygen atoms in total. The number of esters is 1. The number of fused-ring (bicyclic) bond motifs is 5. The van der Waals surface area contributed by atoms with Crippen molar-refractivity contribution in [2.45, 2.75) is 75.5 Å². The summed E-state index contributed by atoms with van der Waals surface area (Å²) in [6, 6.07) is 0. The van der Waals surface area contributed by atoms with Gasteiger partial charge in [0.25, 0.3) is 10.2 Å². The van der Waals surface area contributed by atoms with E-state index in [2.05, 4.69) is 9.68 Å². The van der Waals surface area contributed by atoms with Gasteiger partial charge < -0.3 is 35.0 Å². The van der Waals surface area contributed by atoms with Gasteiger partial charge in [-0.1, -0.05) is 18.6 Å². The predicted octanol–water partition coefficient (Wildman–Crippen LogP) is -0.537. The number of alkyl halides is 1. The van der Waals surface area contributed by atoms with Crippen molar-refractivity contribution in [3.8, 4) is 0 Å². The van der Waals surface area contributed by atoms with Crippen LogP contribution in [0.5, 0.6) is 0 Å². The van der Waals surface area contributed by atoms with Crippen LogP contribution in [0.4, 0.5) is 4.39 Å². The van der Waals surface area contributed by atoms with Crippen LogP contribution >= 0.6 is 0 Å². The van der Waals surface area contributed by atoms with E-state index in [1.807, 2.05) is 5.32 Å². The Hall–Kier alpha value is -4.03. The number of halogens is 1. The summed E-state index contributed by atoms with van der Waals surface area (Å²) >= 11 is 0. The summed E-state index contributed by atoms with van der Waals surface area (Å²) in [4.78, 5) is 78.6. The van der Waals surface area contributed by atoms with Crippen LogP contribution in [0.25, 0.3) is 0 Å². The maximum Gasteiger partial charge on any atom is 0.325 e. The van der Waals surface area contributed by atoms with E-state index in [4.69, 9.17) is 4.74 Å². The van der Waals surface area contributed by atoms with E-state index >= 15 is 4.39 Å². The molecular weight excluding hydrogens is 609 g/mol. The van der Waals surface area contributed by atoms with Crippen molar-refractivity contribution in [2.24, 2.45) is 22.7 Å². The third kappa shape index (κ3) is 5.65. The number of ketones is 2. The zero-order chi connectivity index (χ0) is 33.5. The molecule has 4 aliphatic rings. The lowest BCUT2D eigenvalue weighted by molar-refractivity contribution is -0.789. The molecule has 0 bridgehead atoms. The third-order valence-corrected chi connectivity index (χ3v) is 10.1. The van der Waals surface area contributed by atoms with Gasteiger partial charge in [-0.25, -0.2) is 4.39 Å². The second-order valence-electron chi connectivity index (χ2n) is 12.3. The number of carbonyl (C=O) groups excluding carboxylic acids is 4. The number of aliphatic hydroxyl groups is 3. The highest BCUT2D eigenvalue weighted by atomic mass is 19.1. The Morgan fingerprint density at radius 2 is 1.84 bits per heavy atom. The molecule has 0 aromatic carbocycles. The molecular formula is C27H34FN3O14. The first-order valence-corrected chi connectivity index (χ1v) is 14.2. The molecule has 1 amide bonds. The predicted molar refractivity (Wildman–Crippen MR) is 143 cm³/mol. The Bertz CT molecular complexity index is 1360. The number of hydrogen-bond acceptors (Lipinski definition) is 14. The van der Waals surface area contributed by atoms with Gasteiger partial charge in [-0.2, -0.15) is 0 Å². The number of aliphatic hydroxyl groups excluding tert-OH is 2. The van der Waals surface area contributed by atoms with Crippen LogP contribution in [-0.4, -0.2) is 98.3 Å². The molecule has 0 aliphatic heterocycles. The number of carbonyl (C=O) groups is 4. The summed E-state index contributed by atoms with van der Waals surface area (Å²) in [6.07, 6.45) is -1.91. The van der Waals surface area contributed by atoms with Gasteiger partial charge in [0.05, 0.1) is 18.6 Å². The van der Waals surface area contributed by atoms with E-state index in [9.17, 15) is 54.7 Å². The summed E-state index contributed by atoms with van der Waals surface area (Å²) < 4.78 is 22.1. The fourth-order valence-corrected chi connectivity index (χ4v) is 7.88. The minimum absolute atomic E-state index is 0.183. The molecule has 4 N–H and O–H groups in total. The van der Waals surface area contributed by atoms with Gasteiger partial charge in [0.1, 0.15) is 19.3 Å². The number of ether oxygens (including phenoxy) is 1. The molecule has 18 heteroatoms. The lowest BCUT2D eigenvalue weighted by atomic mass is 9.44. The zero-order valence-corrected chi connectivity index (χ0v) is 24.4. The van der Waals surface area contributed by atoms with Crippen molar-refractivity contribution >= 4 is 23.4 Å². The second kappa shape index (κ2) is 12.1. The minimum Gasteiger partial charge on any atom is -0.456 e. The molecule has 9 atom stereocenters. The number of nitrogens with one attached hydrogen (secondary N) is 1. The van der Waals surface area contributed by atoms with Gasteiger partial charge in [0.15, 0.2) is 23.7 Å². The van der Waals surface area contributed by atoms with Gasteiger partial charge in [-0.3, -0.25) is 19.2 Å². The quantitative estimate of drug-likeness (QED) is 0.118. The SMILES string of the molecule is C[C@]12C=CC(=O)C=C1CC[C@H]1[C@@H]3C[C@@H](O)[C@](O)(C(=O)COC(=O)CNC(=O)CC(CO[N+](=O)[O-])O[N+](=O)[O-])[C@@]3(C)C[C@H](O)[C@@]12F. The number of Topliss-reactive ketones (excluding diaryl/α,β-unsaturated/α-hetero) is 1. The van der Waals surface area contributed by atoms with Crippen molar-refractivity contribution in [1.29, 1.82) is 0 Å². The monoisotopic (exact) mass is 643 g/mol. The largest absolute Gasteiger partial charge is 0.456 e. The van der Waals surface area contributed by atoms with Gasteiger partial charge in [-0.05, 0) is 50.7 Å². The Kier molecular flexibility index (Phi) is 9.07. The van der Waals surface area contributed by atoms with E-state index in [0.717, 1.165) is 0 Å². The first kappa shape index (κ1) is 33.9. The average Bonchev–Trinajstić information content (AvgIpc) is 3.15. The fraction of sp³-hybridized carbons (Fsp3) is 0.704. The van der Waals surface area contributed by atoms with Crippen LogP contribution in [0.3, 0.4) is 0 Å². The molecule has 0 heterocycles. The molecule has 248 valence electrons. The van der Waals surface area contributed by atoms with Crippen molar-refractivity contribution in [1.82, 2.24) is 5.32 Å². The van der Waals surface area contributed by atoms with Crippen LogP contribution in [0.2, 0.25) is 0 Å². The Labute approximate surface area is 254 Å². The van der Waals surface area contributed by atoms with Gasteiger partial charge in [0.2, 0.25) is 11.7 Å². The van der Waals surface area contributed by atoms with Gasteiger partial charge in [0, 0.05) is 16.7 Å². The van der Waals surface area contributed by atoms with Crippen molar-refractivity contribution in [2.75, 3.05) is 19.8 Å². The van der Waals surface area contributed by atoms with Crippen LogP contribution in [-0.2, 0) is 33.6 Å². The van der Waals surface area contributed by atoms with Gasteiger partial charge >= 0.3 is 5.97 Å². The second-order valence-corrected chi connectivity index (χ2v) is 12.3. The van der Waals surface area contributed by atoms with Crippen LogP contribution in [0.1, 0.15) is 46.0 Å². The highest BCUT2D eigenvalue weighted by Gasteiger charge is 2.76. The third-order valence-electron chi connectivity index (χ3n) is 10.1. The Morgan fingerprint density at radius 1 is 1.16 bits per heavy atom. The highest BCUT2D eigenvalue weighted by Crippen LogP contribution is 2.69. The molecule has 4 rings (SSSR count). The average molecular weight is 644 g/mol. The normalized spacial score (nSPS) is 37.2. The van der Waals surface area contributed by atoms with Crippen LogP contribution in [0, 0.1) is 42.9 Å². The van der Waals surface area contributed by atoms with Crippen molar-refractivity contribution in [3.05, 3.63) is 44.0 Å². The molecule has 0 spiro atoms. The number of nitrogens with zero attached hydrogens (tertiary/aromatic N) is 2. The summed E-state index contributed by atoms with van der Waals surface area (Å²) in [5.41, 5.74) is -7.13. The van der Waals surface area contributed by atoms with Gasteiger partial charge in [-0.15, -0.1) is 20.2 Å². The lowest BCUT2D eigenvalue weighted by Crippen LogP contribution is -2.69. The van der Waals surface area contributed by atoms with Crippen molar-refractivity contribution < 1.29 is 63.5 Å². The minimum atomic E-state index is -2.54. The summed E-state index contributed by atoms with van der Waals surface area (Å²) in [7, 11) is 0. The van der Waals surface area contributed by atoms with E-state index < -0.39 is 113 Å². The zero-order valence-electron chi connectivity index (χ0n) is 24.4. The number of rotatable bonds is 12. The van der Waals surface area contributed by atoms with E-state index in [1.165, 1.54) is 25.2 Å². The lowest BCUT2D eigenvalue weighted by Gasteiger charge is -2.62. The molecule has 0 radical (unpaired) electrons. The Balaban J connectivity index is 1.40. The molecule has 45 heavy (non-hydrogen) atoms. The number of allylic oxidation sites excluding steroid dienone is 4. The topological polar surface area (TPSA) is 255 Å². The van der Waals surface area contributed by atoms with Crippen LogP contribution in [0.15, 0.2) is 23.8 Å². The van der Waals surface area contributed by atoms with E-state index in [0.29, 0.717) is 12.0 Å². The highest BCUT2D eigenvalue weighted by molar-refractivity contribution is 6.01. The first-order chi connectivity index (χ1) is 20.9. The maximum absolute atomic E-state index is 17.2. The molecule has 4 aliphatic carbocycles. The number of hydrogen-bond donors (Lipinski definition) is 4. The molecule has 3 fully saturated rings. The smallest absolute Gasteiger partial charge is 0.325 e. The maximum atomic E-state index is 17.2. The Morgan fingerprint density at radius 3 is 2.49 bits per heavy atom. The summed E-state index contributed by atoms with van der Waals surface area (Å²) in [5, 5.41) is 54.4. The summed E-state index contributed by atoms with van der Waals surface area (Å²) in [6.45, 7) is 0.218. The van der Waals surface area contributed by atoms with E-state index in [-0.39, 0.29) is 18.6 Å². The molecule has 0 saturated heterocycles. The fourth-order valence-electron chi connectivity index (χ4n) is 7.88. The molecule has 1 unspecified atom stereocenters. The first-order valence-electron chi connectivity index (χ1n) is 14.2. The van der Waals surface area contributed by atoms with E-state index in [1.54, 1.807) is 6.92 Å².